The van der Waals surface area contributed by atoms with Crippen molar-refractivity contribution in [2.45, 2.75) is 56.5 Å². The van der Waals surface area contributed by atoms with Crippen LogP contribution in [0, 0.1) is 5.41 Å². The largest absolute Gasteiger partial charge is 0.484 e. The molecule has 0 aromatic heterocycles. The Kier molecular flexibility index (Phi) is 8.43. The number of rotatable bonds is 6. The summed E-state index contributed by atoms with van der Waals surface area (Å²) >= 11 is 14.6. The molecule has 1 fully saturated rings. The van der Waals surface area contributed by atoms with E-state index < -0.39 is 23.1 Å². The molecule has 2 aliphatic heterocycles. The number of hydrogen-bond donors (Lipinski definition) is 1. The first-order valence-corrected chi connectivity index (χ1v) is 13.8. The molecular formula is C27H29Cl2NO6S. The Morgan fingerprint density at radius 2 is 1.76 bits per heavy atom. The summed E-state index contributed by atoms with van der Waals surface area (Å²) in [5, 5.41) is 4.19. The van der Waals surface area contributed by atoms with Gasteiger partial charge in [-0.2, -0.15) is 0 Å². The van der Waals surface area contributed by atoms with Gasteiger partial charge < -0.3 is 19.5 Å². The maximum Gasteiger partial charge on any atom is 0.309 e. The maximum atomic E-state index is 12.3. The van der Waals surface area contributed by atoms with Crippen LogP contribution in [-0.2, 0) is 41.8 Å². The Balaban J connectivity index is 1.56. The zero-order valence-electron chi connectivity index (χ0n) is 21.0. The van der Waals surface area contributed by atoms with Crippen molar-refractivity contribution in [3.8, 4) is 5.75 Å². The van der Waals surface area contributed by atoms with Gasteiger partial charge in [0.05, 0.1) is 29.4 Å². The monoisotopic (exact) mass is 565 g/mol. The summed E-state index contributed by atoms with van der Waals surface area (Å²) in [5.74, 6) is -1.50. The highest BCUT2D eigenvalue weighted by molar-refractivity contribution is 7.98. The van der Waals surface area contributed by atoms with Gasteiger partial charge >= 0.3 is 11.9 Å². The van der Waals surface area contributed by atoms with Gasteiger partial charge in [-0.3, -0.25) is 14.4 Å². The lowest BCUT2D eigenvalue weighted by Crippen LogP contribution is -2.43. The second kappa shape index (κ2) is 11.2. The molecule has 37 heavy (non-hydrogen) atoms. The number of Topliss-reactive ketones (excluding diaryl/α,β-unsaturated/α-hetero) is 1. The molecule has 4 rings (SSSR count). The van der Waals surface area contributed by atoms with Gasteiger partial charge in [-0.05, 0) is 48.4 Å². The zero-order valence-corrected chi connectivity index (χ0v) is 23.3. The third kappa shape index (κ3) is 6.42. The average Bonchev–Trinajstić information content (AvgIpc) is 3.09. The summed E-state index contributed by atoms with van der Waals surface area (Å²) in [6.07, 6.45) is 0.580. The van der Waals surface area contributed by atoms with Crippen LogP contribution in [0.3, 0.4) is 0 Å². The van der Waals surface area contributed by atoms with E-state index in [0.717, 1.165) is 16.0 Å². The molecule has 7 nitrogen and oxygen atoms in total. The summed E-state index contributed by atoms with van der Waals surface area (Å²) in [7, 11) is 0. The lowest BCUT2D eigenvalue weighted by Gasteiger charge is -2.32. The molecule has 198 valence electrons. The van der Waals surface area contributed by atoms with E-state index in [2.05, 4.69) is 5.32 Å². The summed E-state index contributed by atoms with van der Waals surface area (Å²) < 4.78 is 17.1. The van der Waals surface area contributed by atoms with E-state index in [0.29, 0.717) is 40.1 Å². The Morgan fingerprint density at radius 1 is 1.05 bits per heavy atom. The molecule has 2 aromatic carbocycles. The average molecular weight is 567 g/mol. The highest BCUT2D eigenvalue weighted by atomic mass is 35.5. The maximum absolute atomic E-state index is 12.3. The lowest BCUT2D eigenvalue weighted by molar-refractivity contribution is -0.225. The molecule has 0 radical (unpaired) electrons. The third-order valence-corrected chi connectivity index (χ3v) is 8.15. The first kappa shape index (κ1) is 27.8. The number of benzene rings is 2. The van der Waals surface area contributed by atoms with Gasteiger partial charge in [0.2, 0.25) is 0 Å². The fraction of sp³-hybridized carbons (Fsp3) is 0.444. The molecule has 0 unspecified atom stereocenters. The summed E-state index contributed by atoms with van der Waals surface area (Å²) in [6.45, 7) is 6.25. The van der Waals surface area contributed by atoms with E-state index in [1.54, 1.807) is 24.3 Å². The second-order valence-electron chi connectivity index (χ2n) is 10.0. The van der Waals surface area contributed by atoms with Gasteiger partial charge in [-0.25, -0.2) is 0 Å². The Labute approximate surface area is 230 Å². The normalized spacial score (nSPS) is 17.3. The van der Waals surface area contributed by atoms with Crippen LogP contribution >= 0.6 is 35.0 Å². The predicted molar refractivity (Wildman–Crippen MR) is 142 cm³/mol. The predicted octanol–water partition coefficient (Wildman–Crippen LogP) is 5.46. The Hall–Kier alpha value is -2.26. The zero-order chi connectivity index (χ0) is 26.8. The summed E-state index contributed by atoms with van der Waals surface area (Å²) in [5.41, 5.74) is 1.94. The fourth-order valence-electron chi connectivity index (χ4n) is 4.07. The number of hydrogen-bond acceptors (Lipinski definition) is 8. The molecule has 0 saturated carbocycles. The molecule has 2 aliphatic rings. The van der Waals surface area contributed by atoms with Crippen LogP contribution in [0.2, 0.25) is 10.0 Å². The van der Waals surface area contributed by atoms with Crippen molar-refractivity contribution < 1.29 is 28.6 Å². The van der Waals surface area contributed by atoms with Crippen molar-refractivity contribution in [1.29, 1.82) is 0 Å². The van der Waals surface area contributed by atoms with E-state index >= 15 is 0 Å². The van der Waals surface area contributed by atoms with E-state index in [1.165, 1.54) is 11.8 Å². The van der Waals surface area contributed by atoms with Crippen LogP contribution in [0.5, 0.6) is 5.75 Å². The van der Waals surface area contributed by atoms with Gasteiger partial charge in [-0.15, -0.1) is 11.8 Å². The minimum absolute atomic E-state index is 0.0140. The first-order valence-electron chi connectivity index (χ1n) is 12.0. The van der Waals surface area contributed by atoms with Gasteiger partial charge in [-0.1, -0.05) is 50.0 Å². The number of thioether (sulfide) groups is 1. The van der Waals surface area contributed by atoms with Crippen molar-refractivity contribution in [2.75, 3.05) is 19.7 Å². The topological polar surface area (TPSA) is 90.9 Å². The molecule has 0 atom stereocenters. The number of esters is 2. The van der Waals surface area contributed by atoms with Crippen LogP contribution < -0.4 is 10.1 Å². The van der Waals surface area contributed by atoms with Crippen LogP contribution in [0.4, 0.5) is 0 Å². The van der Waals surface area contributed by atoms with E-state index in [9.17, 15) is 14.4 Å². The van der Waals surface area contributed by atoms with Crippen molar-refractivity contribution in [2.24, 2.45) is 5.41 Å². The summed E-state index contributed by atoms with van der Waals surface area (Å²) in [4.78, 5) is 37.6. The molecule has 1 saturated heterocycles. The molecule has 10 heteroatoms. The van der Waals surface area contributed by atoms with Crippen LogP contribution in [-0.4, -0.2) is 37.4 Å². The quantitative estimate of drug-likeness (QED) is 0.364. The standard InChI is InChI=1S/C27H29Cl2NO6S/c1-26(2,3)22(31)13-34-21-7-4-16(12-20(21)29)14-37-25-17-10-11-30-15-27(18(17)5-6-19(25)28)35-23(32)8-9-24(33)36-27/h4-7,12,30H,8-11,13-15H2,1-3H3. The molecule has 2 aromatic rings. The van der Waals surface area contributed by atoms with Crippen molar-refractivity contribution >= 4 is 52.7 Å². The molecule has 1 spiro atoms. The SMILES string of the molecule is CC(C)(C)C(=O)COc1ccc(CSc2c(Cl)ccc3c2CCNCC32OC(=O)CCC(=O)O2)cc1Cl. The highest BCUT2D eigenvalue weighted by Gasteiger charge is 2.46. The van der Waals surface area contributed by atoms with Crippen LogP contribution in [0.1, 0.15) is 50.3 Å². The van der Waals surface area contributed by atoms with Crippen molar-refractivity contribution in [3.63, 3.8) is 0 Å². The molecule has 1 N–H and O–H groups in total. The number of fused-ring (bicyclic) bond motifs is 2. The van der Waals surface area contributed by atoms with Crippen LogP contribution in [0.15, 0.2) is 35.2 Å². The Bertz CT molecular complexity index is 1210. The van der Waals surface area contributed by atoms with E-state index in [-0.39, 0.29) is 31.8 Å². The van der Waals surface area contributed by atoms with E-state index in [1.807, 2.05) is 26.8 Å². The number of carbonyl (C=O) groups is 3. The van der Waals surface area contributed by atoms with E-state index in [4.69, 9.17) is 37.4 Å². The Morgan fingerprint density at radius 3 is 2.41 bits per heavy atom. The number of nitrogens with one attached hydrogen (secondary N) is 1. The van der Waals surface area contributed by atoms with Gasteiger partial charge in [0.25, 0.3) is 5.79 Å². The molecule has 2 heterocycles. The number of ketones is 1. The minimum Gasteiger partial charge on any atom is -0.484 e. The first-order chi connectivity index (χ1) is 17.5. The number of ether oxygens (including phenoxy) is 3. The second-order valence-corrected chi connectivity index (χ2v) is 11.8. The van der Waals surface area contributed by atoms with Gasteiger partial charge in [0.1, 0.15) is 12.4 Å². The summed E-state index contributed by atoms with van der Waals surface area (Å²) in [6, 6.07) is 8.95. The minimum atomic E-state index is -1.52. The molecular weight excluding hydrogens is 537 g/mol. The van der Waals surface area contributed by atoms with Gasteiger partial charge in [0, 0.05) is 21.6 Å². The number of halogens is 2. The lowest BCUT2D eigenvalue weighted by atomic mass is 9.91. The molecule has 0 aliphatic carbocycles. The third-order valence-electron chi connectivity index (χ3n) is 6.20. The fourth-order valence-corrected chi connectivity index (χ4v) is 5.75. The van der Waals surface area contributed by atoms with Crippen LogP contribution in [0.25, 0.3) is 0 Å². The number of carbonyl (C=O) groups excluding carboxylic acids is 3. The molecule has 0 bridgehead atoms. The highest BCUT2D eigenvalue weighted by Crippen LogP contribution is 2.42. The smallest absolute Gasteiger partial charge is 0.309 e. The van der Waals surface area contributed by atoms with Crippen molar-refractivity contribution in [1.82, 2.24) is 5.32 Å². The molecule has 0 amide bonds. The van der Waals surface area contributed by atoms with Gasteiger partial charge in [0.15, 0.2) is 5.78 Å². The van der Waals surface area contributed by atoms with Crippen molar-refractivity contribution in [3.05, 3.63) is 57.1 Å².